The third-order valence-electron chi connectivity index (χ3n) is 2.96. The lowest BCUT2D eigenvalue weighted by molar-refractivity contribution is 0.813. The summed E-state index contributed by atoms with van der Waals surface area (Å²) in [7, 11) is 0. The van der Waals surface area contributed by atoms with Gasteiger partial charge in [-0.15, -0.1) is 11.3 Å². The molecule has 2 aromatic heterocycles. The van der Waals surface area contributed by atoms with Gasteiger partial charge in [0.1, 0.15) is 23.0 Å². The maximum Gasteiger partial charge on any atom is 0.148 e. The van der Waals surface area contributed by atoms with Gasteiger partial charge in [0.2, 0.25) is 0 Å². The molecule has 0 amide bonds. The van der Waals surface area contributed by atoms with Crippen LogP contribution in [0.5, 0.6) is 0 Å². The van der Waals surface area contributed by atoms with Crippen molar-refractivity contribution in [2.24, 2.45) is 5.84 Å². The van der Waals surface area contributed by atoms with Crippen LogP contribution in [0.4, 0.5) is 11.6 Å². The van der Waals surface area contributed by atoms with Crippen LogP contribution in [0.3, 0.4) is 0 Å². The lowest BCUT2D eigenvalue weighted by Gasteiger charge is -2.19. The van der Waals surface area contributed by atoms with E-state index in [9.17, 15) is 0 Å². The number of nitrogen functional groups attached to an aromatic ring is 1. The minimum atomic E-state index is 0.0896. The minimum Gasteiger partial charge on any atom is -0.361 e. The number of nitrogens with one attached hydrogen (secondary N) is 2. The zero-order valence-corrected chi connectivity index (χ0v) is 13.0. The molecule has 2 heterocycles. The number of aromatic nitrogens is 3. The normalized spacial score (nSPS) is 12.5. The predicted molar refractivity (Wildman–Crippen MR) is 82.8 cm³/mol. The van der Waals surface area contributed by atoms with Crippen LogP contribution in [-0.2, 0) is 0 Å². The lowest BCUT2D eigenvalue weighted by atomic mass is 10.0. The molecule has 0 radical (unpaired) electrons. The van der Waals surface area contributed by atoms with E-state index in [1.165, 1.54) is 6.33 Å². The highest BCUT2D eigenvalue weighted by Gasteiger charge is 2.17. The van der Waals surface area contributed by atoms with Gasteiger partial charge in [-0.3, -0.25) is 0 Å². The summed E-state index contributed by atoms with van der Waals surface area (Å²) in [6.07, 6.45) is 1.50. The highest BCUT2D eigenvalue weighted by molar-refractivity contribution is 7.09. The smallest absolute Gasteiger partial charge is 0.148 e. The summed E-state index contributed by atoms with van der Waals surface area (Å²) >= 11 is 1.64. The van der Waals surface area contributed by atoms with Gasteiger partial charge in [-0.1, -0.05) is 13.8 Å². The van der Waals surface area contributed by atoms with Crippen molar-refractivity contribution in [3.05, 3.63) is 28.0 Å². The van der Waals surface area contributed by atoms with Crippen molar-refractivity contribution in [3.8, 4) is 0 Å². The predicted octanol–water partition coefficient (Wildman–Crippen LogP) is 2.82. The van der Waals surface area contributed by atoms with Crippen LogP contribution in [0, 0.1) is 6.92 Å². The zero-order valence-electron chi connectivity index (χ0n) is 12.1. The van der Waals surface area contributed by atoms with E-state index in [4.69, 9.17) is 5.84 Å². The Morgan fingerprint density at radius 1 is 1.20 bits per heavy atom. The van der Waals surface area contributed by atoms with Gasteiger partial charge in [-0.05, 0) is 19.8 Å². The largest absolute Gasteiger partial charge is 0.361 e. The van der Waals surface area contributed by atoms with E-state index in [1.54, 1.807) is 11.3 Å². The second kappa shape index (κ2) is 6.15. The molecule has 0 aromatic carbocycles. The van der Waals surface area contributed by atoms with Crippen LogP contribution >= 0.6 is 11.3 Å². The molecule has 0 bridgehead atoms. The maximum absolute atomic E-state index is 5.52. The molecule has 0 saturated heterocycles. The number of anilines is 2. The Bertz CT molecular complexity index is 580. The minimum absolute atomic E-state index is 0.0896. The van der Waals surface area contributed by atoms with E-state index >= 15 is 0 Å². The average Bonchev–Trinajstić information content (AvgIpc) is 2.84. The monoisotopic (exact) mass is 292 g/mol. The van der Waals surface area contributed by atoms with Gasteiger partial charge in [0.05, 0.1) is 6.04 Å². The topological polar surface area (TPSA) is 88.8 Å². The van der Waals surface area contributed by atoms with Crippen LogP contribution in [-0.4, -0.2) is 15.0 Å². The van der Waals surface area contributed by atoms with E-state index in [1.807, 2.05) is 12.3 Å². The second-order valence-electron chi connectivity index (χ2n) is 4.98. The third kappa shape index (κ3) is 3.05. The van der Waals surface area contributed by atoms with E-state index in [0.717, 1.165) is 22.1 Å². The molecule has 7 heteroatoms. The molecule has 0 fully saturated rings. The summed E-state index contributed by atoms with van der Waals surface area (Å²) < 4.78 is 0. The molecule has 0 aliphatic rings. The summed E-state index contributed by atoms with van der Waals surface area (Å²) in [5.41, 5.74) is 4.65. The van der Waals surface area contributed by atoms with E-state index < -0.39 is 0 Å². The van der Waals surface area contributed by atoms with Crippen molar-refractivity contribution in [1.29, 1.82) is 0 Å². The van der Waals surface area contributed by atoms with Crippen molar-refractivity contribution >= 4 is 23.0 Å². The highest BCUT2D eigenvalue weighted by Crippen LogP contribution is 2.30. The quantitative estimate of drug-likeness (QED) is 0.580. The third-order valence-corrected chi connectivity index (χ3v) is 4.10. The van der Waals surface area contributed by atoms with Gasteiger partial charge in [0, 0.05) is 16.6 Å². The fourth-order valence-electron chi connectivity index (χ4n) is 2.01. The number of hydrazine groups is 1. The summed E-state index contributed by atoms with van der Waals surface area (Å²) in [5, 5.41) is 6.48. The highest BCUT2D eigenvalue weighted by atomic mass is 32.1. The Labute approximate surface area is 122 Å². The molecule has 20 heavy (non-hydrogen) atoms. The van der Waals surface area contributed by atoms with Gasteiger partial charge >= 0.3 is 0 Å². The Morgan fingerprint density at radius 2 is 1.90 bits per heavy atom. The molecular weight excluding hydrogens is 272 g/mol. The van der Waals surface area contributed by atoms with Crippen molar-refractivity contribution < 1.29 is 0 Å². The van der Waals surface area contributed by atoms with Crippen LogP contribution in [0.15, 0.2) is 11.7 Å². The number of hydrogen-bond acceptors (Lipinski definition) is 7. The Kier molecular flexibility index (Phi) is 4.51. The molecule has 0 spiro atoms. The molecule has 1 atom stereocenters. The zero-order chi connectivity index (χ0) is 14.7. The number of rotatable bonds is 5. The Morgan fingerprint density at radius 3 is 2.45 bits per heavy atom. The first-order valence-electron chi connectivity index (χ1n) is 6.53. The van der Waals surface area contributed by atoms with Crippen LogP contribution < -0.4 is 16.6 Å². The summed E-state index contributed by atoms with van der Waals surface area (Å²) in [5.74, 6) is 7.23. The average molecular weight is 292 g/mol. The molecule has 0 aliphatic carbocycles. The molecule has 1 unspecified atom stereocenters. The molecule has 4 N–H and O–H groups in total. The first-order valence-corrected chi connectivity index (χ1v) is 7.41. The van der Waals surface area contributed by atoms with Crippen LogP contribution in [0.25, 0.3) is 0 Å². The van der Waals surface area contributed by atoms with Crippen LogP contribution in [0.2, 0.25) is 0 Å². The second-order valence-corrected chi connectivity index (χ2v) is 5.87. The number of thiazole rings is 1. The molecule has 108 valence electrons. The van der Waals surface area contributed by atoms with Crippen molar-refractivity contribution in [2.75, 3.05) is 10.7 Å². The molecule has 0 saturated carbocycles. The molecule has 0 aliphatic heterocycles. The summed E-state index contributed by atoms with van der Waals surface area (Å²) in [6, 6.07) is 0.0896. The fourth-order valence-corrected chi connectivity index (χ4v) is 2.81. The maximum atomic E-state index is 5.52. The summed E-state index contributed by atoms with van der Waals surface area (Å²) in [6.45, 7) is 8.24. The van der Waals surface area contributed by atoms with E-state index in [-0.39, 0.29) is 12.0 Å². The molecule has 6 nitrogen and oxygen atoms in total. The van der Waals surface area contributed by atoms with E-state index in [0.29, 0.717) is 5.82 Å². The van der Waals surface area contributed by atoms with Gasteiger partial charge in [-0.25, -0.2) is 20.8 Å². The van der Waals surface area contributed by atoms with Gasteiger partial charge < -0.3 is 10.7 Å². The van der Waals surface area contributed by atoms with Gasteiger partial charge in [0.25, 0.3) is 0 Å². The van der Waals surface area contributed by atoms with Gasteiger partial charge in [0.15, 0.2) is 0 Å². The lowest BCUT2D eigenvalue weighted by Crippen LogP contribution is -2.16. The first kappa shape index (κ1) is 14.7. The van der Waals surface area contributed by atoms with Crippen molar-refractivity contribution in [1.82, 2.24) is 15.0 Å². The number of nitrogens with two attached hydrogens (primary N) is 1. The SMILES string of the molecule is Cc1csc(C(C)Nc2ncnc(NN)c2C(C)C)n1. The fraction of sp³-hybridized carbons (Fsp3) is 0.462. The van der Waals surface area contributed by atoms with Gasteiger partial charge in [-0.2, -0.15) is 0 Å². The Balaban J connectivity index is 2.29. The van der Waals surface area contributed by atoms with Crippen molar-refractivity contribution in [2.45, 2.75) is 39.7 Å². The Hall–Kier alpha value is -1.73. The van der Waals surface area contributed by atoms with Crippen LogP contribution in [0.1, 0.15) is 49.0 Å². The molecule has 2 aromatic rings. The number of aryl methyl sites for hydroxylation is 1. The summed E-state index contributed by atoms with van der Waals surface area (Å²) in [4.78, 5) is 13.0. The molecular formula is C13H20N6S. The number of hydrogen-bond donors (Lipinski definition) is 3. The number of nitrogens with zero attached hydrogens (tertiary/aromatic N) is 3. The molecule has 2 rings (SSSR count). The van der Waals surface area contributed by atoms with E-state index in [2.05, 4.69) is 46.5 Å². The first-order chi connectivity index (χ1) is 9.52. The standard InChI is InChI=1S/C13H20N6S/c1-7(2)10-11(15-6-16-12(10)19-14)18-9(4)13-17-8(3)5-20-13/h5-7,9H,14H2,1-4H3,(H2,15,16,18,19). The van der Waals surface area contributed by atoms with Crippen molar-refractivity contribution in [3.63, 3.8) is 0 Å².